The second-order valence-corrected chi connectivity index (χ2v) is 3.79. The van der Waals surface area contributed by atoms with Crippen molar-refractivity contribution in [1.82, 2.24) is 5.32 Å². The molecular formula is C12H13NO5. The van der Waals surface area contributed by atoms with Crippen molar-refractivity contribution in [3.8, 4) is 5.75 Å². The highest BCUT2D eigenvalue weighted by Gasteiger charge is 2.41. The molecule has 6 heteroatoms. The molecule has 0 radical (unpaired) electrons. The van der Waals surface area contributed by atoms with Crippen molar-refractivity contribution in [3.05, 3.63) is 29.8 Å². The van der Waals surface area contributed by atoms with E-state index in [2.05, 4.69) is 5.32 Å². The minimum absolute atomic E-state index is 0.101. The average molecular weight is 251 g/mol. The van der Waals surface area contributed by atoms with Crippen LogP contribution in [0.4, 0.5) is 4.79 Å². The number of phenols is 1. The molecule has 2 unspecified atom stereocenters. The molecule has 0 aliphatic carbocycles. The first-order valence-corrected chi connectivity index (χ1v) is 5.54. The summed E-state index contributed by atoms with van der Waals surface area (Å²) in [6, 6.07) is 5.24. The van der Waals surface area contributed by atoms with Crippen LogP contribution >= 0.6 is 0 Å². The van der Waals surface area contributed by atoms with Crippen molar-refractivity contribution < 1.29 is 24.2 Å². The fraction of sp³-hybridized carbons (Fsp3) is 0.333. The molecule has 18 heavy (non-hydrogen) atoms. The molecule has 1 heterocycles. The molecule has 2 rings (SSSR count). The van der Waals surface area contributed by atoms with E-state index in [1.165, 1.54) is 12.1 Å². The van der Waals surface area contributed by atoms with Gasteiger partial charge in [0.15, 0.2) is 12.1 Å². The minimum Gasteiger partial charge on any atom is -0.508 e. The lowest BCUT2D eigenvalue weighted by Crippen LogP contribution is -2.37. The molecule has 0 spiro atoms. The monoisotopic (exact) mass is 251 g/mol. The molecule has 1 aromatic rings. The Kier molecular flexibility index (Phi) is 3.36. The maximum absolute atomic E-state index is 11.7. The highest BCUT2D eigenvalue weighted by atomic mass is 16.6. The molecule has 1 aromatic carbocycles. The summed E-state index contributed by atoms with van der Waals surface area (Å²) in [6.45, 7) is 1.92. The summed E-state index contributed by atoms with van der Waals surface area (Å²) >= 11 is 0. The summed E-state index contributed by atoms with van der Waals surface area (Å²) in [4.78, 5) is 22.9. The standard InChI is InChI=1S/C12H13NO5/c1-2-17-11(15)9-10(18-12(16)13-9)7-3-5-8(14)6-4-7/h3-6,9-10,14H,2H2,1H3,(H,13,16). The van der Waals surface area contributed by atoms with Gasteiger partial charge in [0.2, 0.25) is 0 Å². The Morgan fingerprint density at radius 1 is 1.44 bits per heavy atom. The molecule has 6 nitrogen and oxygen atoms in total. The van der Waals surface area contributed by atoms with E-state index in [1.807, 2.05) is 0 Å². The van der Waals surface area contributed by atoms with Crippen LogP contribution in [0.2, 0.25) is 0 Å². The maximum Gasteiger partial charge on any atom is 0.408 e. The van der Waals surface area contributed by atoms with E-state index < -0.39 is 24.2 Å². The van der Waals surface area contributed by atoms with Gasteiger partial charge in [-0.25, -0.2) is 9.59 Å². The maximum atomic E-state index is 11.7. The lowest BCUT2D eigenvalue weighted by atomic mass is 10.0. The largest absolute Gasteiger partial charge is 0.508 e. The van der Waals surface area contributed by atoms with Gasteiger partial charge >= 0.3 is 12.1 Å². The van der Waals surface area contributed by atoms with E-state index >= 15 is 0 Å². The molecule has 0 aromatic heterocycles. The summed E-state index contributed by atoms with van der Waals surface area (Å²) in [6.07, 6.45) is -1.40. The number of benzene rings is 1. The normalized spacial score (nSPS) is 22.2. The zero-order valence-electron chi connectivity index (χ0n) is 9.75. The number of amides is 1. The fourth-order valence-corrected chi connectivity index (χ4v) is 1.76. The number of rotatable bonds is 3. The third kappa shape index (κ3) is 2.37. The van der Waals surface area contributed by atoms with Crippen LogP contribution in [0.25, 0.3) is 0 Å². The van der Waals surface area contributed by atoms with Crippen LogP contribution in [0, 0.1) is 0 Å². The molecule has 2 N–H and O–H groups in total. The number of aromatic hydroxyl groups is 1. The van der Waals surface area contributed by atoms with Crippen molar-refractivity contribution in [3.63, 3.8) is 0 Å². The Balaban J connectivity index is 2.21. The molecule has 96 valence electrons. The third-order valence-electron chi connectivity index (χ3n) is 2.57. The van der Waals surface area contributed by atoms with E-state index in [9.17, 15) is 14.7 Å². The summed E-state index contributed by atoms with van der Waals surface area (Å²) in [5.41, 5.74) is 0.615. The second kappa shape index (κ2) is 4.95. The highest BCUT2D eigenvalue weighted by Crippen LogP contribution is 2.28. The van der Waals surface area contributed by atoms with Crippen LogP contribution in [0.5, 0.6) is 5.75 Å². The smallest absolute Gasteiger partial charge is 0.408 e. The van der Waals surface area contributed by atoms with Gasteiger partial charge in [-0.2, -0.15) is 0 Å². The van der Waals surface area contributed by atoms with Crippen molar-refractivity contribution >= 4 is 12.1 Å². The Morgan fingerprint density at radius 2 is 2.11 bits per heavy atom. The third-order valence-corrected chi connectivity index (χ3v) is 2.57. The molecule has 1 amide bonds. The van der Waals surface area contributed by atoms with E-state index in [0.717, 1.165) is 0 Å². The molecule has 0 bridgehead atoms. The van der Waals surface area contributed by atoms with Crippen molar-refractivity contribution in [1.29, 1.82) is 0 Å². The molecule has 2 atom stereocenters. The predicted molar refractivity (Wildman–Crippen MR) is 60.9 cm³/mol. The number of esters is 1. The molecule has 0 saturated carbocycles. The zero-order valence-corrected chi connectivity index (χ0v) is 9.75. The Bertz CT molecular complexity index is 456. The van der Waals surface area contributed by atoms with Crippen LogP contribution < -0.4 is 5.32 Å². The summed E-state index contributed by atoms with van der Waals surface area (Å²) in [7, 11) is 0. The van der Waals surface area contributed by atoms with Crippen LogP contribution in [-0.4, -0.2) is 29.8 Å². The lowest BCUT2D eigenvalue weighted by Gasteiger charge is -2.15. The molecular weight excluding hydrogens is 238 g/mol. The van der Waals surface area contributed by atoms with Gasteiger partial charge in [0.05, 0.1) is 6.61 Å². The molecule has 1 aliphatic rings. The minimum atomic E-state index is -0.859. The predicted octanol–water partition coefficient (Wildman–Crippen LogP) is 1.10. The Hall–Kier alpha value is -2.24. The van der Waals surface area contributed by atoms with Gasteiger partial charge in [0, 0.05) is 0 Å². The lowest BCUT2D eigenvalue weighted by molar-refractivity contribution is -0.146. The van der Waals surface area contributed by atoms with Gasteiger partial charge in [-0.1, -0.05) is 12.1 Å². The van der Waals surface area contributed by atoms with Crippen LogP contribution in [0.15, 0.2) is 24.3 Å². The highest BCUT2D eigenvalue weighted by molar-refractivity contribution is 5.85. The Morgan fingerprint density at radius 3 is 2.72 bits per heavy atom. The number of cyclic esters (lactones) is 1. The van der Waals surface area contributed by atoms with Gasteiger partial charge in [0.25, 0.3) is 0 Å². The number of alkyl carbamates (subject to hydrolysis) is 1. The van der Waals surface area contributed by atoms with Crippen molar-refractivity contribution in [2.75, 3.05) is 6.61 Å². The van der Waals surface area contributed by atoms with E-state index in [4.69, 9.17) is 9.47 Å². The quantitative estimate of drug-likeness (QED) is 0.786. The van der Waals surface area contributed by atoms with Crippen LogP contribution in [0.3, 0.4) is 0 Å². The van der Waals surface area contributed by atoms with E-state index in [-0.39, 0.29) is 12.4 Å². The number of carbonyl (C=O) groups excluding carboxylic acids is 2. The van der Waals surface area contributed by atoms with Crippen LogP contribution in [-0.2, 0) is 14.3 Å². The first-order valence-electron chi connectivity index (χ1n) is 5.54. The number of ether oxygens (including phenoxy) is 2. The average Bonchev–Trinajstić information content (AvgIpc) is 2.73. The summed E-state index contributed by atoms with van der Waals surface area (Å²) in [5, 5.41) is 11.6. The van der Waals surface area contributed by atoms with Crippen LogP contribution in [0.1, 0.15) is 18.6 Å². The second-order valence-electron chi connectivity index (χ2n) is 3.79. The summed E-state index contributed by atoms with van der Waals surface area (Å²) in [5.74, 6) is -0.440. The van der Waals surface area contributed by atoms with Gasteiger partial charge in [0.1, 0.15) is 5.75 Å². The van der Waals surface area contributed by atoms with Gasteiger partial charge < -0.3 is 19.9 Å². The number of hydrogen-bond acceptors (Lipinski definition) is 5. The first kappa shape index (κ1) is 12.2. The van der Waals surface area contributed by atoms with Gasteiger partial charge in [-0.15, -0.1) is 0 Å². The van der Waals surface area contributed by atoms with Crippen molar-refractivity contribution in [2.45, 2.75) is 19.1 Å². The molecule has 1 aliphatic heterocycles. The van der Waals surface area contributed by atoms with Gasteiger partial charge in [-0.05, 0) is 24.6 Å². The van der Waals surface area contributed by atoms with E-state index in [0.29, 0.717) is 5.56 Å². The topological polar surface area (TPSA) is 84.9 Å². The first-order chi connectivity index (χ1) is 8.61. The van der Waals surface area contributed by atoms with Gasteiger partial charge in [-0.3, -0.25) is 0 Å². The molecule has 1 fully saturated rings. The molecule has 1 saturated heterocycles. The number of hydrogen-bond donors (Lipinski definition) is 2. The zero-order chi connectivity index (χ0) is 13.1. The Labute approximate surface area is 104 Å². The summed E-state index contributed by atoms with van der Waals surface area (Å²) < 4.78 is 9.90. The fourth-order valence-electron chi connectivity index (χ4n) is 1.76. The SMILES string of the molecule is CCOC(=O)C1NC(=O)OC1c1ccc(O)cc1. The number of nitrogens with one attached hydrogen (secondary N) is 1. The number of phenolic OH excluding ortho intramolecular Hbond substituents is 1. The van der Waals surface area contributed by atoms with Crippen molar-refractivity contribution in [2.24, 2.45) is 0 Å². The van der Waals surface area contributed by atoms with E-state index in [1.54, 1.807) is 19.1 Å². The number of carbonyl (C=O) groups is 2.